The maximum atomic E-state index is 12.7. The number of carbonyl (C=O) groups excluding carboxylic acids is 1. The van der Waals surface area contributed by atoms with Gasteiger partial charge in [0, 0.05) is 24.3 Å². The Morgan fingerprint density at radius 3 is 2.29 bits per heavy atom. The van der Waals surface area contributed by atoms with Gasteiger partial charge in [-0.3, -0.25) is 9.52 Å². The lowest BCUT2D eigenvalue weighted by atomic mass is 9.98. The molecule has 1 aliphatic heterocycles. The normalized spacial score (nSPS) is 14.8. The first kappa shape index (κ1) is 20.8. The molecule has 0 saturated carbocycles. The second kappa shape index (κ2) is 7.46. The van der Waals surface area contributed by atoms with Gasteiger partial charge >= 0.3 is 15.5 Å². The molecule has 5 nitrogen and oxygen atoms in total. The number of hydrogen-bond donors (Lipinski definition) is 1. The highest BCUT2D eigenvalue weighted by molar-refractivity contribution is 7.93. The minimum absolute atomic E-state index is 0.213. The van der Waals surface area contributed by atoms with Gasteiger partial charge in [0.15, 0.2) is 0 Å². The molecule has 1 aliphatic rings. The monoisotopic (exact) mass is 452 g/mol. The number of fused-ring (bicyclic) bond motifs is 1. The van der Waals surface area contributed by atoms with E-state index in [2.05, 4.69) is 0 Å². The molecule has 11 heteroatoms. The molecule has 150 valence electrons. The van der Waals surface area contributed by atoms with Crippen molar-refractivity contribution in [2.75, 3.05) is 11.3 Å². The summed E-state index contributed by atoms with van der Waals surface area (Å²) in [5.74, 6) is -0.235. The van der Waals surface area contributed by atoms with Crippen LogP contribution in [0.25, 0.3) is 0 Å². The summed E-state index contributed by atoms with van der Waals surface area (Å²) < 4.78 is 61.0. The predicted molar refractivity (Wildman–Crippen MR) is 99.9 cm³/mol. The molecule has 1 amide bonds. The number of anilines is 1. The van der Waals surface area contributed by atoms with Gasteiger partial charge in [0.2, 0.25) is 0 Å². The average molecular weight is 453 g/mol. The SMILES string of the molecule is O=C1c2cc(Cl)c(Cl)cc2CCN1Cc1ccc(NS(=O)(=O)C(F)(F)F)cc1. The van der Waals surface area contributed by atoms with Crippen LogP contribution in [0.3, 0.4) is 0 Å². The van der Waals surface area contributed by atoms with Crippen LogP contribution in [0.15, 0.2) is 36.4 Å². The smallest absolute Gasteiger partial charge is 0.334 e. The number of alkyl halides is 3. The van der Waals surface area contributed by atoms with Crippen molar-refractivity contribution in [1.82, 2.24) is 4.90 Å². The van der Waals surface area contributed by atoms with E-state index in [1.165, 1.54) is 35.1 Å². The third kappa shape index (κ3) is 4.21. The molecular weight excluding hydrogens is 440 g/mol. The van der Waals surface area contributed by atoms with E-state index in [0.717, 1.165) is 5.56 Å². The van der Waals surface area contributed by atoms with Crippen LogP contribution in [0.2, 0.25) is 10.0 Å². The fourth-order valence-corrected chi connectivity index (χ4v) is 3.70. The maximum Gasteiger partial charge on any atom is 0.516 e. The maximum absolute atomic E-state index is 12.7. The van der Waals surface area contributed by atoms with Crippen LogP contribution >= 0.6 is 23.2 Å². The summed E-state index contributed by atoms with van der Waals surface area (Å²) in [4.78, 5) is 14.2. The Kier molecular flexibility index (Phi) is 5.53. The highest BCUT2D eigenvalue weighted by Crippen LogP contribution is 2.30. The summed E-state index contributed by atoms with van der Waals surface area (Å²) in [6, 6.07) is 8.49. The number of hydrogen-bond acceptors (Lipinski definition) is 3. The molecule has 0 fully saturated rings. The fourth-order valence-electron chi connectivity index (χ4n) is 2.78. The molecular formula is C17H13Cl2F3N2O3S. The quantitative estimate of drug-likeness (QED) is 0.744. The number of sulfonamides is 1. The predicted octanol–water partition coefficient (Wildman–Crippen LogP) is 4.45. The summed E-state index contributed by atoms with van der Waals surface area (Å²) in [5, 5.41) is 0.649. The summed E-state index contributed by atoms with van der Waals surface area (Å²) in [7, 11) is -5.48. The topological polar surface area (TPSA) is 66.5 Å². The van der Waals surface area contributed by atoms with E-state index >= 15 is 0 Å². The third-order valence-electron chi connectivity index (χ3n) is 4.20. The van der Waals surface area contributed by atoms with E-state index in [1.807, 2.05) is 0 Å². The zero-order valence-corrected chi connectivity index (χ0v) is 16.4. The summed E-state index contributed by atoms with van der Waals surface area (Å²) in [5.41, 5.74) is -3.74. The number of benzene rings is 2. The Labute approximate surface area is 169 Å². The number of carbonyl (C=O) groups is 1. The van der Waals surface area contributed by atoms with Gasteiger partial charge in [-0.1, -0.05) is 35.3 Å². The lowest BCUT2D eigenvalue weighted by Crippen LogP contribution is -2.37. The molecule has 0 aromatic heterocycles. The number of nitrogens with zero attached hydrogens (tertiary/aromatic N) is 1. The van der Waals surface area contributed by atoms with Gasteiger partial charge in [-0.05, 0) is 41.8 Å². The summed E-state index contributed by atoms with van der Waals surface area (Å²) >= 11 is 12.0. The Morgan fingerprint density at radius 2 is 1.68 bits per heavy atom. The molecule has 28 heavy (non-hydrogen) atoms. The van der Waals surface area contributed by atoms with E-state index in [9.17, 15) is 26.4 Å². The number of amides is 1. The van der Waals surface area contributed by atoms with Crippen molar-refractivity contribution >= 4 is 44.8 Å². The molecule has 0 aliphatic carbocycles. The molecule has 0 saturated heterocycles. The van der Waals surface area contributed by atoms with Crippen LogP contribution in [0.4, 0.5) is 18.9 Å². The Morgan fingerprint density at radius 1 is 1.07 bits per heavy atom. The lowest BCUT2D eigenvalue weighted by Gasteiger charge is -2.29. The van der Waals surface area contributed by atoms with Crippen LogP contribution in [0.1, 0.15) is 21.5 Å². The van der Waals surface area contributed by atoms with Gasteiger partial charge in [0.25, 0.3) is 5.91 Å². The van der Waals surface area contributed by atoms with Crippen molar-refractivity contribution in [3.05, 3.63) is 63.1 Å². The highest BCUT2D eigenvalue weighted by Gasteiger charge is 2.46. The van der Waals surface area contributed by atoms with Crippen molar-refractivity contribution in [1.29, 1.82) is 0 Å². The van der Waals surface area contributed by atoms with Crippen molar-refractivity contribution in [3.63, 3.8) is 0 Å². The first-order chi connectivity index (χ1) is 13.0. The van der Waals surface area contributed by atoms with E-state index in [0.29, 0.717) is 29.1 Å². The lowest BCUT2D eigenvalue weighted by molar-refractivity contribution is -0.0429. The molecule has 0 atom stereocenters. The average Bonchev–Trinajstić information content (AvgIpc) is 2.60. The van der Waals surface area contributed by atoms with Gasteiger partial charge < -0.3 is 4.90 Å². The molecule has 1 heterocycles. The first-order valence-electron chi connectivity index (χ1n) is 7.93. The van der Waals surface area contributed by atoms with Crippen LogP contribution < -0.4 is 4.72 Å². The molecule has 2 aromatic rings. The fraction of sp³-hybridized carbons (Fsp3) is 0.235. The standard InChI is InChI=1S/C17H13Cl2F3N2O3S/c18-14-7-11-5-6-24(16(25)13(11)8-15(14)19)9-10-1-3-12(4-2-10)23-28(26,27)17(20,21)22/h1-4,7-8,23H,5-6,9H2. The molecule has 1 N–H and O–H groups in total. The third-order valence-corrected chi connectivity index (χ3v) is 6.04. The minimum atomic E-state index is -5.48. The van der Waals surface area contributed by atoms with Gasteiger partial charge in [0.1, 0.15) is 0 Å². The van der Waals surface area contributed by atoms with Crippen LogP contribution in [0, 0.1) is 0 Å². The Bertz CT molecular complexity index is 1030. The number of halogens is 5. The van der Waals surface area contributed by atoms with Crippen molar-refractivity contribution in [2.45, 2.75) is 18.5 Å². The van der Waals surface area contributed by atoms with E-state index in [4.69, 9.17) is 23.2 Å². The number of rotatable bonds is 4. The van der Waals surface area contributed by atoms with E-state index in [-0.39, 0.29) is 23.2 Å². The molecule has 3 rings (SSSR count). The van der Waals surface area contributed by atoms with Gasteiger partial charge in [0.05, 0.1) is 10.0 Å². The van der Waals surface area contributed by atoms with Gasteiger partial charge in [-0.15, -0.1) is 0 Å². The molecule has 0 spiro atoms. The largest absolute Gasteiger partial charge is 0.516 e. The first-order valence-corrected chi connectivity index (χ1v) is 10.2. The van der Waals surface area contributed by atoms with E-state index in [1.54, 1.807) is 11.0 Å². The molecule has 2 aromatic carbocycles. The second-order valence-electron chi connectivity index (χ2n) is 6.15. The zero-order valence-electron chi connectivity index (χ0n) is 14.1. The van der Waals surface area contributed by atoms with Crippen molar-refractivity contribution in [3.8, 4) is 0 Å². The zero-order chi connectivity index (χ0) is 20.7. The van der Waals surface area contributed by atoms with Crippen LogP contribution in [-0.4, -0.2) is 31.3 Å². The molecule has 0 bridgehead atoms. The van der Waals surface area contributed by atoms with Crippen LogP contribution in [-0.2, 0) is 23.0 Å². The number of nitrogens with one attached hydrogen (secondary N) is 1. The Hall–Kier alpha value is -1.97. The summed E-state index contributed by atoms with van der Waals surface area (Å²) in [6.45, 7) is 0.650. The van der Waals surface area contributed by atoms with Gasteiger partial charge in [-0.2, -0.15) is 21.6 Å². The van der Waals surface area contributed by atoms with Crippen molar-refractivity contribution in [2.24, 2.45) is 0 Å². The highest BCUT2D eigenvalue weighted by atomic mass is 35.5. The molecule has 0 radical (unpaired) electrons. The van der Waals surface area contributed by atoms with Crippen molar-refractivity contribution < 1.29 is 26.4 Å². The summed E-state index contributed by atoms with van der Waals surface area (Å²) in [6.07, 6.45) is 0.585. The van der Waals surface area contributed by atoms with E-state index < -0.39 is 15.5 Å². The Balaban J connectivity index is 1.73. The second-order valence-corrected chi connectivity index (χ2v) is 8.64. The van der Waals surface area contributed by atoms with Gasteiger partial charge in [-0.25, -0.2) is 0 Å². The minimum Gasteiger partial charge on any atom is -0.334 e. The molecule has 0 unspecified atom stereocenters. The van der Waals surface area contributed by atoms with Crippen LogP contribution in [0.5, 0.6) is 0 Å².